The third-order valence-electron chi connectivity index (χ3n) is 5.78. The van der Waals surface area contributed by atoms with Gasteiger partial charge in [-0.2, -0.15) is 13.2 Å². The highest BCUT2D eigenvalue weighted by atomic mass is 35.5. The minimum absolute atomic E-state index is 0.343. The maximum Gasteiger partial charge on any atom is 0.412 e. The molecule has 3 aromatic rings. The van der Waals surface area contributed by atoms with Crippen molar-refractivity contribution >= 4 is 28.7 Å². The van der Waals surface area contributed by atoms with Crippen molar-refractivity contribution in [3.8, 4) is 0 Å². The molecule has 0 amide bonds. The molecule has 0 spiro atoms. The zero-order valence-electron chi connectivity index (χ0n) is 23.4. The summed E-state index contributed by atoms with van der Waals surface area (Å²) in [7, 11) is 0. The minimum Gasteiger partial charge on any atom is -0.358 e. The van der Waals surface area contributed by atoms with Crippen molar-refractivity contribution in [2.24, 2.45) is 4.99 Å². The van der Waals surface area contributed by atoms with Crippen LogP contribution in [0.5, 0.6) is 0 Å². The van der Waals surface area contributed by atoms with Crippen molar-refractivity contribution in [3.05, 3.63) is 93.3 Å². The van der Waals surface area contributed by atoms with E-state index in [2.05, 4.69) is 36.0 Å². The number of benzene rings is 2. The van der Waals surface area contributed by atoms with Gasteiger partial charge in [0.25, 0.3) is 0 Å². The first-order valence-electron chi connectivity index (χ1n) is 13.0. The number of fused-ring (bicyclic) bond motifs is 1. The average molecular weight is 569 g/mol. The van der Waals surface area contributed by atoms with E-state index < -0.39 is 23.4 Å². The van der Waals surface area contributed by atoms with Crippen LogP contribution in [0.2, 0.25) is 5.02 Å². The van der Waals surface area contributed by atoms with Crippen LogP contribution in [0.25, 0.3) is 10.9 Å². The summed E-state index contributed by atoms with van der Waals surface area (Å²) < 4.78 is 60.5. The van der Waals surface area contributed by atoms with Gasteiger partial charge in [-0.1, -0.05) is 57.0 Å². The number of hydrogen-bond acceptors (Lipinski definition) is 1. The third kappa shape index (κ3) is 11.8. The first-order chi connectivity index (χ1) is 18.3. The fourth-order valence-electron chi connectivity index (χ4n) is 3.54. The number of aromatic amines is 1. The monoisotopic (exact) mass is 568 g/mol. The number of allylic oxidation sites excluding steroid dienone is 4. The van der Waals surface area contributed by atoms with Crippen molar-refractivity contribution in [2.45, 2.75) is 79.8 Å². The Labute approximate surface area is 233 Å². The summed E-state index contributed by atoms with van der Waals surface area (Å²) in [6.07, 6.45) is 5.23. The van der Waals surface area contributed by atoms with E-state index in [1.54, 1.807) is 6.92 Å². The SMILES string of the molecule is CC/C=C(C)/N=C/C=C(\C)C(F)(F)F.CCCCc1c(CC)[nH]c2ccc(Cl)cc12.Cc1cccc(F)c1F. The smallest absolute Gasteiger partial charge is 0.358 e. The summed E-state index contributed by atoms with van der Waals surface area (Å²) in [5, 5.41) is 2.13. The van der Waals surface area contributed by atoms with Gasteiger partial charge in [0, 0.05) is 39.1 Å². The maximum atomic E-state index is 12.4. The van der Waals surface area contributed by atoms with Gasteiger partial charge in [-0.05, 0) is 87.9 Å². The summed E-state index contributed by atoms with van der Waals surface area (Å²) in [5.74, 6) is -1.53. The second-order valence-electron chi connectivity index (χ2n) is 8.98. The molecule has 0 radical (unpaired) electrons. The molecular formula is C31H38ClF5N2. The standard InChI is InChI=1S/C14H18ClN.C10H14F3N.C7H6F2/c1-3-5-6-11-12-9-10(15)7-8-14(12)16-13(11)4-2;1-4-5-9(3)14-7-6-8(2)10(11,12)13;1-5-3-2-4-6(8)7(5)9/h7-9,16H,3-6H2,1-2H3;5-7H,4H2,1-3H3;2-4H,1H3/b;8-6+,9-5+,14-7+;. The zero-order chi connectivity index (χ0) is 29.6. The van der Waals surface area contributed by atoms with E-state index in [4.69, 9.17) is 11.6 Å². The van der Waals surface area contributed by atoms with Gasteiger partial charge in [0.05, 0.1) is 0 Å². The van der Waals surface area contributed by atoms with E-state index in [1.807, 2.05) is 19.1 Å². The van der Waals surface area contributed by atoms with Crippen LogP contribution in [-0.4, -0.2) is 17.4 Å². The van der Waals surface area contributed by atoms with Crippen LogP contribution in [0.4, 0.5) is 22.0 Å². The van der Waals surface area contributed by atoms with Gasteiger partial charge in [-0.15, -0.1) is 0 Å². The van der Waals surface area contributed by atoms with Gasteiger partial charge in [-0.3, -0.25) is 4.99 Å². The molecule has 1 aromatic heterocycles. The maximum absolute atomic E-state index is 12.4. The Balaban J connectivity index is 0.000000304. The Hall–Kier alpha value is -2.93. The first kappa shape index (κ1) is 34.1. The van der Waals surface area contributed by atoms with Gasteiger partial charge in [-0.25, -0.2) is 8.78 Å². The zero-order valence-corrected chi connectivity index (χ0v) is 24.2. The Bertz CT molecular complexity index is 1250. The number of halogens is 6. The number of hydrogen-bond donors (Lipinski definition) is 1. The number of unbranched alkanes of at least 4 members (excludes halogenated alkanes) is 1. The molecule has 1 heterocycles. The summed E-state index contributed by atoms with van der Waals surface area (Å²) in [5.41, 5.74) is 4.46. The number of nitrogens with zero attached hydrogens (tertiary/aromatic N) is 1. The summed E-state index contributed by atoms with van der Waals surface area (Å²) in [4.78, 5) is 7.32. The summed E-state index contributed by atoms with van der Waals surface area (Å²) in [6, 6.07) is 10.2. The summed E-state index contributed by atoms with van der Waals surface area (Å²) >= 11 is 6.06. The Morgan fingerprint density at radius 2 is 1.74 bits per heavy atom. The van der Waals surface area contributed by atoms with Crippen molar-refractivity contribution in [2.75, 3.05) is 0 Å². The topological polar surface area (TPSA) is 28.1 Å². The molecule has 0 unspecified atom stereocenters. The molecule has 2 aromatic carbocycles. The number of aryl methyl sites for hydroxylation is 3. The lowest BCUT2D eigenvalue weighted by Gasteiger charge is -2.03. The normalized spacial score (nSPS) is 12.3. The number of nitrogens with one attached hydrogen (secondary N) is 1. The molecule has 0 aliphatic rings. The van der Waals surface area contributed by atoms with Crippen LogP contribution in [0.15, 0.2) is 64.8 Å². The van der Waals surface area contributed by atoms with E-state index in [0.29, 0.717) is 5.56 Å². The molecule has 39 heavy (non-hydrogen) atoms. The van der Waals surface area contributed by atoms with Gasteiger partial charge in [0.1, 0.15) is 0 Å². The summed E-state index contributed by atoms with van der Waals surface area (Å²) in [6.45, 7) is 10.7. The number of H-pyrrole nitrogens is 1. The van der Waals surface area contributed by atoms with Gasteiger partial charge >= 0.3 is 6.18 Å². The van der Waals surface area contributed by atoms with Crippen molar-refractivity contribution in [1.29, 1.82) is 0 Å². The molecule has 3 rings (SSSR count). The quantitative estimate of drug-likeness (QED) is 0.217. The first-order valence-corrected chi connectivity index (χ1v) is 13.4. The van der Waals surface area contributed by atoms with Crippen LogP contribution in [0, 0.1) is 18.6 Å². The largest absolute Gasteiger partial charge is 0.412 e. The second-order valence-corrected chi connectivity index (χ2v) is 9.42. The van der Waals surface area contributed by atoms with E-state index in [0.717, 1.165) is 49.0 Å². The lowest BCUT2D eigenvalue weighted by atomic mass is 10.0. The minimum atomic E-state index is -4.26. The molecule has 8 heteroatoms. The molecule has 0 saturated carbocycles. The second kappa shape index (κ2) is 16.9. The van der Waals surface area contributed by atoms with E-state index in [1.165, 1.54) is 60.3 Å². The number of aliphatic imine (C=N–C) groups is 1. The van der Waals surface area contributed by atoms with Crippen LogP contribution < -0.4 is 0 Å². The van der Waals surface area contributed by atoms with Crippen molar-refractivity contribution in [1.82, 2.24) is 4.98 Å². The van der Waals surface area contributed by atoms with Gasteiger partial charge in [0.2, 0.25) is 0 Å². The van der Waals surface area contributed by atoms with Crippen LogP contribution in [-0.2, 0) is 12.8 Å². The number of rotatable bonds is 7. The number of alkyl halides is 3. The Morgan fingerprint density at radius 3 is 2.28 bits per heavy atom. The van der Waals surface area contributed by atoms with E-state index in [9.17, 15) is 22.0 Å². The van der Waals surface area contributed by atoms with Gasteiger partial charge < -0.3 is 4.98 Å². The van der Waals surface area contributed by atoms with Crippen LogP contribution >= 0.6 is 11.6 Å². The Morgan fingerprint density at radius 1 is 1.05 bits per heavy atom. The molecule has 0 atom stereocenters. The van der Waals surface area contributed by atoms with Crippen molar-refractivity contribution in [3.63, 3.8) is 0 Å². The highest BCUT2D eigenvalue weighted by molar-refractivity contribution is 6.31. The van der Waals surface area contributed by atoms with E-state index >= 15 is 0 Å². The fraction of sp³-hybridized carbons (Fsp3) is 0.387. The number of aromatic nitrogens is 1. The molecule has 214 valence electrons. The van der Waals surface area contributed by atoms with Gasteiger partial charge in [0.15, 0.2) is 11.6 Å². The van der Waals surface area contributed by atoms with Crippen LogP contribution in [0.3, 0.4) is 0 Å². The molecule has 0 fully saturated rings. The van der Waals surface area contributed by atoms with Crippen molar-refractivity contribution < 1.29 is 22.0 Å². The highest BCUT2D eigenvalue weighted by Gasteiger charge is 2.29. The molecule has 2 nitrogen and oxygen atoms in total. The van der Waals surface area contributed by atoms with E-state index in [-0.39, 0.29) is 0 Å². The Kier molecular flexibility index (Phi) is 14.8. The molecule has 0 aliphatic heterocycles. The fourth-order valence-corrected chi connectivity index (χ4v) is 3.71. The predicted molar refractivity (Wildman–Crippen MR) is 155 cm³/mol. The molecular weight excluding hydrogens is 531 g/mol. The third-order valence-corrected chi connectivity index (χ3v) is 6.02. The molecule has 0 saturated heterocycles. The lowest BCUT2D eigenvalue weighted by Crippen LogP contribution is -2.08. The molecule has 0 aliphatic carbocycles. The highest BCUT2D eigenvalue weighted by Crippen LogP contribution is 2.27. The lowest BCUT2D eigenvalue weighted by molar-refractivity contribution is -0.0911. The van der Waals surface area contributed by atoms with Crippen LogP contribution in [0.1, 0.15) is 70.7 Å². The molecule has 1 N–H and O–H groups in total. The average Bonchev–Trinajstić information content (AvgIpc) is 3.23. The predicted octanol–water partition coefficient (Wildman–Crippen LogP) is 10.9. The molecule has 0 bridgehead atoms.